The van der Waals surface area contributed by atoms with Crippen molar-refractivity contribution in [1.29, 1.82) is 0 Å². The Bertz CT molecular complexity index is 940. The maximum absolute atomic E-state index is 5.08. The third-order valence-corrected chi connectivity index (χ3v) is 5.79. The predicted molar refractivity (Wildman–Crippen MR) is 152 cm³/mol. The largest absolute Gasteiger partial charge is 0.255 e. The van der Waals surface area contributed by atoms with E-state index in [4.69, 9.17) is 9.98 Å². The van der Waals surface area contributed by atoms with Gasteiger partial charge in [-0.3, -0.25) is 9.98 Å². The molecule has 192 valence electrons. The van der Waals surface area contributed by atoms with Crippen LogP contribution in [0.25, 0.3) is 0 Å². The Morgan fingerprint density at radius 3 is 1.74 bits per heavy atom. The molecule has 0 N–H and O–H groups in total. The third kappa shape index (κ3) is 13.0. The molecule has 3 heteroatoms. The Hall–Kier alpha value is -2.08. The number of rotatable bonds is 16. The van der Waals surface area contributed by atoms with Crippen LogP contribution in [-0.4, -0.2) is 11.9 Å². The number of aryl methyl sites for hydroxylation is 2. The molecule has 0 aromatic heterocycles. The van der Waals surface area contributed by atoms with Crippen LogP contribution in [0.4, 0.5) is 11.4 Å². The quantitative estimate of drug-likeness (QED) is 0.110. The molecule has 0 bridgehead atoms. The van der Waals surface area contributed by atoms with Gasteiger partial charge in [0, 0.05) is 26.6 Å². The minimum Gasteiger partial charge on any atom is -0.255 e. The molecule has 2 aromatic carbocycles. The molecule has 0 atom stereocenters. The number of para-hydroxylation sites is 2. The molecule has 0 saturated carbocycles. The molecular weight excluding hydrogens is 519 g/mol. The first-order valence-corrected chi connectivity index (χ1v) is 13.4. The van der Waals surface area contributed by atoms with Crippen molar-refractivity contribution in [3.63, 3.8) is 0 Å². The summed E-state index contributed by atoms with van der Waals surface area (Å²) in [5, 5.41) is 0. The average Bonchev–Trinajstić information content (AvgIpc) is 2.87. The van der Waals surface area contributed by atoms with Crippen molar-refractivity contribution in [1.82, 2.24) is 0 Å². The number of aliphatic imine (C=N–C) groups is 2. The smallest absolute Gasteiger partial charge is 0.0665 e. The molecule has 0 saturated heterocycles. The first kappa shape index (κ1) is 31.0. The van der Waals surface area contributed by atoms with E-state index < -0.39 is 0 Å². The van der Waals surface area contributed by atoms with Crippen LogP contribution < -0.4 is 0 Å². The topological polar surface area (TPSA) is 24.7 Å². The molecule has 0 aliphatic rings. The van der Waals surface area contributed by atoms with Crippen molar-refractivity contribution in [2.45, 2.75) is 91.4 Å². The molecule has 0 unspecified atom stereocenters. The van der Waals surface area contributed by atoms with Crippen LogP contribution in [0.3, 0.4) is 0 Å². The molecule has 0 aliphatic heterocycles. The number of allylic oxidation sites excluding steroid dienone is 4. The average molecular weight is 563 g/mol. The van der Waals surface area contributed by atoms with Crippen LogP contribution in [0.15, 0.2) is 82.8 Å². The van der Waals surface area contributed by atoms with E-state index in [1.165, 1.54) is 24.0 Å². The normalized spacial score (nSPS) is 12.1. The first-order chi connectivity index (χ1) is 16.8. The van der Waals surface area contributed by atoms with E-state index in [0.717, 1.165) is 74.9 Å². The van der Waals surface area contributed by atoms with Crippen LogP contribution in [0.5, 0.6) is 0 Å². The molecule has 35 heavy (non-hydrogen) atoms. The molecule has 0 fully saturated rings. The summed E-state index contributed by atoms with van der Waals surface area (Å²) in [5.74, 6) is 0. The maximum atomic E-state index is 5.08. The molecule has 0 aliphatic carbocycles. The first-order valence-electron chi connectivity index (χ1n) is 13.4. The summed E-state index contributed by atoms with van der Waals surface area (Å²) in [5.41, 5.74) is 5.82. The molecule has 0 heterocycles. The number of benzene rings is 2. The molecule has 2 rings (SSSR count). The van der Waals surface area contributed by atoms with Gasteiger partial charge in [0.1, 0.15) is 0 Å². The van der Waals surface area contributed by atoms with Gasteiger partial charge in [-0.15, -0.1) is 0 Å². The van der Waals surface area contributed by atoms with Crippen molar-refractivity contribution in [3.05, 3.63) is 84.0 Å². The zero-order chi connectivity index (χ0) is 24.3. The Kier molecular flexibility index (Phi) is 17.8. The van der Waals surface area contributed by atoms with E-state index >= 15 is 0 Å². The van der Waals surface area contributed by atoms with Crippen LogP contribution >= 0.6 is 0 Å². The van der Waals surface area contributed by atoms with Gasteiger partial charge in [-0.2, -0.15) is 0 Å². The summed E-state index contributed by atoms with van der Waals surface area (Å²) >= 11 is 0. The summed E-state index contributed by atoms with van der Waals surface area (Å²) in [4.78, 5) is 9.99. The van der Waals surface area contributed by atoms with Crippen molar-refractivity contribution >= 4 is 23.3 Å². The van der Waals surface area contributed by atoms with Gasteiger partial charge in [-0.25, -0.2) is 0 Å². The fraction of sp³-hybridized carbons (Fsp3) is 0.438. The summed E-state index contributed by atoms with van der Waals surface area (Å²) in [7, 11) is 0. The minimum atomic E-state index is 0. The fourth-order valence-corrected chi connectivity index (χ4v) is 3.77. The third-order valence-electron chi connectivity index (χ3n) is 5.79. The molecule has 2 nitrogen and oxygen atoms in total. The van der Waals surface area contributed by atoms with Crippen LogP contribution in [0.1, 0.15) is 89.7 Å². The Labute approximate surface area is 228 Å². The van der Waals surface area contributed by atoms with Crippen molar-refractivity contribution in [2.75, 3.05) is 0 Å². The van der Waals surface area contributed by atoms with E-state index in [-0.39, 0.29) is 20.4 Å². The van der Waals surface area contributed by atoms with Gasteiger partial charge in [0.25, 0.3) is 0 Å². The molecule has 0 amide bonds. The monoisotopic (exact) mass is 562 g/mol. The zero-order valence-electron chi connectivity index (χ0n) is 22.0. The van der Waals surface area contributed by atoms with Gasteiger partial charge in [0.15, 0.2) is 0 Å². The predicted octanol–water partition coefficient (Wildman–Crippen LogP) is 9.93. The van der Waals surface area contributed by atoms with E-state index in [9.17, 15) is 0 Å². The molecule has 2 aromatic rings. The second-order valence-electron chi connectivity index (χ2n) is 8.82. The van der Waals surface area contributed by atoms with Gasteiger partial charge < -0.3 is 0 Å². The van der Waals surface area contributed by atoms with Crippen LogP contribution in [0, 0.1) is 0 Å². The van der Waals surface area contributed by atoms with Gasteiger partial charge in [-0.1, -0.05) is 101 Å². The number of hydrogen-bond acceptors (Lipinski definition) is 2. The van der Waals surface area contributed by atoms with Crippen LogP contribution in [-0.2, 0) is 33.3 Å². The van der Waals surface area contributed by atoms with Gasteiger partial charge >= 0.3 is 0 Å². The zero-order valence-corrected chi connectivity index (χ0v) is 23.5. The van der Waals surface area contributed by atoms with E-state index in [0.29, 0.717) is 0 Å². The Balaban J connectivity index is 0.00000612. The van der Waals surface area contributed by atoms with Gasteiger partial charge in [0.2, 0.25) is 0 Å². The Morgan fingerprint density at radius 1 is 0.657 bits per heavy atom. The van der Waals surface area contributed by atoms with E-state index in [1.54, 1.807) is 0 Å². The summed E-state index contributed by atoms with van der Waals surface area (Å²) in [6.07, 6.45) is 23.3. The number of unbranched alkanes of at least 4 members (excludes halogenated alkanes) is 3. The van der Waals surface area contributed by atoms with E-state index in [2.05, 4.69) is 93.6 Å². The van der Waals surface area contributed by atoms with Crippen molar-refractivity contribution in [3.8, 4) is 0 Å². The fourth-order valence-electron chi connectivity index (χ4n) is 3.77. The summed E-state index contributed by atoms with van der Waals surface area (Å²) in [6.45, 7) is 6.67. The molecule has 0 radical (unpaired) electrons. The minimum absolute atomic E-state index is 0. The Morgan fingerprint density at radius 2 is 1.17 bits per heavy atom. The summed E-state index contributed by atoms with van der Waals surface area (Å²) < 4.78 is 0. The van der Waals surface area contributed by atoms with Crippen molar-refractivity contribution < 1.29 is 20.4 Å². The van der Waals surface area contributed by atoms with Gasteiger partial charge in [0.05, 0.1) is 17.1 Å². The van der Waals surface area contributed by atoms with Gasteiger partial charge in [-0.05, 0) is 74.6 Å². The number of nitrogens with zero attached hydrogens (tertiary/aromatic N) is 2. The molecule has 0 spiro atoms. The number of hydrogen-bond donors (Lipinski definition) is 0. The second kappa shape index (κ2) is 20.1. The van der Waals surface area contributed by atoms with Crippen LogP contribution in [0.2, 0.25) is 0 Å². The SMILES string of the molecule is CCC/C=C/CCc1ccccc1N=CC(CCCC)=Nc1ccccc1CC/C=C/CCC.[Pd]. The standard InChI is InChI=1S/C32H44N2.Pd/c1-4-7-10-12-14-20-28-22-16-18-25-31(28)33-27-30(24-9-6-3)34-32-26-19-17-23-29(32)21-15-13-11-8-5-2;/h10-13,16-19,22-23,25-27H,4-9,14-15,20-21,24H2,1-3H3;/b12-10+,13-11+,33-27?,34-30?;. The second-order valence-corrected chi connectivity index (χ2v) is 8.82. The molecular formula is C32H44N2Pd. The maximum Gasteiger partial charge on any atom is 0.0665 e. The van der Waals surface area contributed by atoms with E-state index in [1.807, 2.05) is 6.21 Å². The van der Waals surface area contributed by atoms with Crippen molar-refractivity contribution in [2.24, 2.45) is 9.98 Å². The summed E-state index contributed by atoms with van der Waals surface area (Å²) in [6, 6.07) is 17.1.